The van der Waals surface area contributed by atoms with Crippen LogP contribution in [0.25, 0.3) is 0 Å². The summed E-state index contributed by atoms with van der Waals surface area (Å²) in [5.41, 5.74) is 0. The molecule has 1 aromatic carbocycles. The van der Waals surface area contributed by atoms with E-state index < -0.39 is 0 Å². The average molecular weight is 357 g/mol. The van der Waals surface area contributed by atoms with Crippen molar-refractivity contribution in [2.75, 3.05) is 13.7 Å². The molecule has 0 atom stereocenters. The molecule has 0 unspecified atom stereocenters. The number of hydrogen-bond donors (Lipinski definition) is 1. The number of carbonyl (C=O) groups is 1. The molecule has 2 aromatic rings. The molecular weight excluding hydrogens is 334 g/mol. The molecule has 26 heavy (non-hydrogen) atoms. The van der Waals surface area contributed by atoms with Crippen LogP contribution in [-0.4, -0.2) is 41.7 Å². The number of carbonyl (C=O) groups excluding carboxylic acids is 1. The number of methoxy groups -OCH3 is 1. The largest absolute Gasteiger partial charge is 0.497 e. The first-order valence-electron chi connectivity index (χ1n) is 8.73. The number of nitrogens with zero attached hydrogens (tertiary/aromatic N) is 2. The second-order valence-corrected chi connectivity index (χ2v) is 6.15. The lowest BCUT2D eigenvalue weighted by atomic mass is 9.93. The van der Waals surface area contributed by atoms with Crippen LogP contribution >= 0.6 is 0 Å². The molecule has 1 amide bonds. The fourth-order valence-corrected chi connectivity index (χ4v) is 2.91. The smallest absolute Gasteiger partial charge is 0.316 e. The first-order chi connectivity index (χ1) is 12.7. The van der Waals surface area contributed by atoms with Crippen LogP contribution in [0.3, 0.4) is 0 Å². The van der Waals surface area contributed by atoms with E-state index in [1.54, 1.807) is 49.8 Å². The van der Waals surface area contributed by atoms with Gasteiger partial charge in [-0.2, -0.15) is 0 Å². The van der Waals surface area contributed by atoms with E-state index in [4.69, 9.17) is 14.2 Å². The summed E-state index contributed by atoms with van der Waals surface area (Å²) in [6, 6.07) is 9.47. The summed E-state index contributed by atoms with van der Waals surface area (Å²) in [6.45, 7) is 0.000608. The summed E-state index contributed by atoms with van der Waals surface area (Å²) in [6.07, 6.45) is 6.89. The lowest BCUT2D eigenvalue weighted by Crippen LogP contribution is -2.41. The molecule has 1 aliphatic carbocycles. The molecular formula is C19H23N3O4. The second kappa shape index (κ2) is 9.03. The third-order valence-corrected chi connectivity index (χ3v) is 4.28. The van der Waals surface area contributed by atoms with Gasteiger partial charge in [-0.3, -0.25) is 4.79 Å². The minimum Gasteiger partial charge on any atom is -0.497 e. The van der Waals surface area contributed by atoms with Gasteiger partial charge in [-0.25, -0.2) is 9.97 Å². The van der Waals surface area contributed by atoms with Crippen molar-refractivity contribution >= 4 is 5.91 Å². The lowest BCUT2D eigenvalue weighted by molar-refractivity contribution is -0.124. The van der Waals surface area contributed by atoms with Gasteiger partial charge in [0.25, 0.3) is 5.91 Å². The molecule has 0 spiro atoms. The number of aromatic nitrogens is 2. The van der Waals surface area contributed by atoms with Crippen molar-refractivity contribution in [3.05, 3.63) is 42.7 Å². The van der Waals surface area contributed by atoms with Crippen molar-refractivity contribution in [1.82, 2.24) is 15.3 Å². The molecule has 0 bridgehead atoms. The van der Waals surface area contributed by atoms with Gasteiger partial charge in [0.05, 0.1) is 7.11 Å². The van der Waals surface area contributed by atoms with E-state index in [1.807, 2.05) is 0 Å². The molecule has 0 saturated heterocycles. The molecule has 1 heterocycles. The van der Waals surface area contributed by atoms with Gasteiger partial charge in [0.15, 0.2) is 6.61 Å². The monoisotopic (exact) mass is 357 g/mol. The highest BCUT2D eigenvalue weighted by atomic mass is 16.5. The van der Waals surface area contributed by atoms with Gasteiger partial charge in [0.2, 0.25) is 0 Å². The zero-order chi connectivity index (χ0) is 18.2. The zero-order valence-electron chi connectivity index (χ0n) is 14.8. The maximum Gasteiger partial charge on any atom is 0.316 e. The average Bonchev–Trinajstić information content (AvgIpc) is 2.69. The molecule has 1 aromatic heterocycles. The Kier molecular flexibility index (Phi) is 6.24. The lowest BCUT2D eigenvalue weighted by Gasteiger charge is -2.28. The van der Waals surface area contributed by atoms with Gasteiger partial charge < -0.3 is 19.5 Å². The molecule has 1 N–H and O–H groups in total. The molecule has 7 heteroatoms. The summed E-state index contributed by atoms with van der Waals surface area (Å²) in [5, 5.41) is 3.02. The van der Waals surface area contributed by atoms with E-state index in [1.165, 1.54) is 0 Å². The fourth-order valence-electron chi connectivity index (χ4n) is 2.91. The zero-order valence-corrected chi connectivity index (χ0v) is 14.8. The van der Waals surface area contributed by atoms with E-state index in [9.17, 15) is 4.79 Å². The van der Waals surface area contributed by atoms with Crippen LogP contribution < -0.4 is 19.5 Å². The fraction of sp³-hybridized carbons (Fsp3) is 0.421. The Morgan fingerprint density at radius 1 is 1.08 bits per heavy atom. The van der Waals surface area contributed by atoms with Crippen LogP contribution in [0.2, 0.25) is 0 Å². The van der Waals surface area contributed by atoms with Crippen LogP contribution in [-0.2, 0) is 4.79 Å². The normalized spacial score (nSPS) is 19.4. The van der Waals surface area contributed by atoms with Crippen LogP contribution in [0, 0.1) is 0 Å². The highest BCUT2D eigenvalue weighted by Crippen LogP contribution is 2.22. The van der Waals surface area contributed by atoms with E-state index in [0.717, 1.165) is 31.4 Å². The number of hydrogen-bond acceptors (Lipinski definition) is 6. The first-order valence-corrected chi connectivity index (χ1v) is 8.73. The Hall–Kier alpha value is -2.83. The number of ether oxygens (including phenoxy) is 3. The number of nitrogens with one attached hydrogen (secondary N) is 1. The molecule has 138 valence electrons. The number of rotatable bonds is 7. The van der Waals surface area contributed by atoms with Crippen molar-refractivity contribution in [2.24, 2.45) is 0 Å². The Labute approximate surface area is 152 Å². The van der Waals surface area contributed by atoms with Gasteiger partial charge in [-0.05, 0) is 56.0 Å². The Bertz CT molecular complexity index is 686. The molecule has 0 aliphatic heterocycles. The van der Waals surface area contributed by atoms with Crippen molar-refractivity contribution in [3.63, 3.8) is 0 Å². The second-order valence-electron chi connectivity index (χ2n) is 6.15. The highest BCUT2D eigenvalue weighted by Gasteiger charge is 2.24. The summed E-state index contributed by atoms with van der Waals surface area (Å²) in [7, 11) is 1.61. The van der Waals surface area contributed by atoms with Gasteiger partial charge in [-0.1, -0.05) is 0 Å². The Morgan fingerprint density at radius 3 is 2.38 bits per heavy atom. The Morgan fingerprint density at radius 2 is 1.73 bits per heavy atom. The summed E-state index contributed by atoms with van der Waals surface area (Å²) in [5.74, 6) is 1.28. The predicted octanol–water partition coefficient (Wildman–Crippen LogP) is 2.37. The maximum atomic E-state index is 12.1. The van der Waals surface area contributed by atoms with E-state index in [0.29, 0.717) is 11.8 Å². The topological polar surface area (TPSA) is 82.6 Å². The molecule has 1 aliphatic rings. The van der Waals surface area contributed by atoms with Gasteiger partial charge >= 0.3 is 6.01 Å². The SMILES string of the molecule is COc1ccc(OCC(=O)NC2CCC(Oc3ncccn3)CC2)cc1. The van der Waals surface area contributed by atoms with E-state index >= 15 is 0 Å². The van der Waals surface area contributed by atoms with Gasteiger partial charge in [-0.15, -0.1) is 0 Å². The number of benzene rings is 1. The van der Waals surface area contributed by atoms with Crippen molar-refractivity contribution in [1.29, 1.82) is 0 Å². The molecule has 1 saturated carbocycles. The molecule has 7 nitrogen and oxygen atoms in total. The van der Waals surface area contributed by atoms with Gasteiger partial charge in [0.1, 0.15) is 17.6 Å². The van der Waals surface area contributed by atoms with Gasteiger partial charge in [0, 0.05) is 18.4 Å². The van der Waals surface area contributed by atoms with Crippen LogP contribution in [0.5, 0.6) is 17.5 Å². The van der Waals surface area contributed by atoms with Crippen LogP contribution in [0.4, 0.5) is 0 Å². The van der Waals surface area contributed by atoms with Crippen LogP contribution in [0.15, 0.2) is 42.7 Å². The standard InChI is InChI=1S/C19H23N3O4/c1-24-15-7-9-16(10-8-15)25-13-18(23)22-14-3-5-17(6-4-14)26-19-20-11-2-12-21-19/h2,7-12,14,17H,3-6,13H2,1H3,(H,22,23). The highest BCUT2D eigenvalue weighted by molar-refractivity contribution is 5.77. The minimum absolute atomic E-state index is 0.000608. The predicted molar refractivity (Wildman–Crippen MR) is 95.3 cm³/mol. The van der Waals surface area contributed by atoms with Crippen molar-refractivity contribution in [3.8, 4) is 17.5 Å². The Balaban J connectivity index is 1.36. The summed E-state index contributed by atoms with van der Waals surface area (Å²) >= 11 is 0. The first kappa shape index (κ1) is 18.0. The summed E-state index contributed by atoms with van der Waals surface area (Å²) < 4.78 is 16.4. The van der Waals surface area contributed by atoms with Crippen molar-refractivity contribution < 1.29 is 19.0 Å². The minimum atomic E-state index is -0.114. The van der Waals surface area contributed by atoms with E-state index in [-0.39, 0.29) is 24.7 Å². The van der Waals surface area contributed by atoms with E-state index in [2.05, 4.69) is 15.3 Å². The quantitative estimate of drug-likeness (QED) is 0.819. The third-order valence-electron chi connectivity index (χ3n) is 4.28. The van der Waals surface area contributed by atoms with Crippen molar-refractivity contribution in [2.45, 2.75) is 37.8 Å². The van der Waals surface area contributed by atoms with Crippen LogP contribution in [0.1, 0.15) is 25.7 Å². The molecule has 1 fully saturated rings. The molecule has 0 radical (unpaired) electrons. The number of amides is 1. The summed E-state index contributed by atoms with van der Waals surface area (Å²) in [4.78, 5) is 20.2. The third kappa shape index (κ3) is 5.34. The molecule has 3 rings (SSSR count). The maximum absolute atomic E-state index is 12.1.